The van der Waals surface area contributed by atoms with E-state index in [1.165, 1.54) is 24.1 Å². The van der Waals surface area contributed by atoms with E-state index >= 15 is 0 Å². The maximum atomic E-state index is 13.7. The predicted molar refractivity (Wildman–Crippen MR) is 127 cm³/mol. The molecule has 0 aromatic heterocycles. The second kappa shape index (κ2) is 9.92. The summed E-state index contributed by atoms with van der Waals surface area (Å²) in [5.41, 5.74) is 3.16. The van der Waals surface area contributed by atoms with Crippen LogP contribution >= 0.6 is 0 Å². The van der Waals surface area contributed by atoms with Crippen molar-refractivity contribution in [2.24, 2.45) is 5.92 Å². The Morgan fingerprint density at radius 1 is 0.879 bits per heavy atom. The van der Waals surface area contributed by atoms with Gasteiger partial charge in [-0.15, -0.1) is 0 Å². The zero-order chi connectivity index (χ0) is 22.8. The predicted octanol–water partition coefficient (Wildman–Crippen LogP) is 6.07. The highest BCUT2D eigenvalue weighted by Crippen LogP contribution is 2.36. The van der Waals surface area contributed by atoms with Crippen LogP contribution in [0.3, 0.4) is 0 Å². The van der Waals surface area contributed by atoms with Crippen LogP contribution in [0.15, 0.2) is 42.5 Å². The maximum absolute atomic E-state index is 13.7. The Morgan fingerprint density at radius 3 is 2.30 bits per heavy atom. The topological polar surface area (TPSA) is 23.6 Å². The fraction of sp³-hybridized carbons (Fsp3) is 0.536. The number of hydrogen-bond donors (Lipinski definition) is 0. The summed E-state index contributed by atoms with van der Waals surface area (Å²) in [4.78, 5) is 18.3. The molecule has 2 fully saturated rings. The standard InChI is InChI=1S/C28H34F2N2O/c29-24-16-23(17-25(30)18-24)20-12-14-31(15-13-20)19-26-11-10-21-6-4-5-9-27(21)32(26)28(33)22-7-2-1-3-8-22/h4-6,9,16-18,20,22,26H,1-3,7-8,10-15,19H2. The number of halogens is 2. The summed E-state index contributed by atoms with van der Waals surface area (Å²) < 4.78 is 27.3. The number of anilines is 1. The van der Waals surface area contributed by atoms with E-state index < -0.39 is 11.6 Å². The molecule has 1 atom stereocenters. The molecule has 0 N–H and O–H groups in total. The van der Waals surface area contributed by atoms with E-state index in [2.05, 4.69) is 28.0 Å². The fourth-order valence-electron chi connectivity index (χ4n) is 6.18. The van der Waals surface area contributed by atoms with Crippen LogP contribution in [-0.2, 0) is 11.2 Å². The van der Waals surface area contributed by atoms with Crippen LogP contribution in [0, 0.1) is 17.6 Å². The summed E-state index contributed by atoms with van der Waals surface area (Å²) in [6.07, 6.45) is 9.37. The number of fused-ring (bicyclic) bond motifs is 1. The number of amides is 1. The minimum absolute atomic E-state index is 0.154. The minimum Gasteiger partial charge on any atom is -0.308 e. The molecule has 5 rings (SSSR count). The Labute approximate surface area is 195 Å². The minimum atomic E-state index is -0.495. The summed E-state index contributed by atoms with van der Waals surface area (Å²) in [6.45, 7) is 2.66. The SMILES string of the molecule is O=C(C1CCCCC1)N1c2ccccc2CCC1CN1CCC(c2cc(F)cc(F)c2)CC1. The van der Waals surface area contributed by atoms with E-state index in [-0.39, 0.29) is 17.9 Å². The van der Waals surface area contributed by atoms with Gasteiger partial charge in [0, 0.05) is 30.3 Å². The van der Waals surface area contributed by atoms with Crippen molar-refractivity contribution < 1.29 is 13.6 Å². The Kier molecular flexibility index (Phi) is 6.77. The average molecular weight is 453 g/mol. The number of hydrogen-bond acceptors (Lipinski definition) is 2. The van der Waals surface area contributed by atoms with Crippen molar-refractivity contribution in [3.63, 3.8) is 0 Å². The fourth-order valence-corrected chi connectivity index (χ4v) is 6.18. The Morgan fingerprint density at radius 2 is 1.58 bits per heavy atom. The number of carbonyl (C=O) groups excluding carboxylic acids is 1. The first-order chi connectivity index (χ1) is 16.1. The molecule has 5 heteroatoms. The van der Waals surface area contributed by atoms with Gasteiger partial charge in [-0.1, -0.05) is 37.5 Å². The summed E-state index contributed by atoms with van der Waals surface area (Å²) in [5.74, 6) is -0.327. The van der Waals surface area contributed by atoms with E-state index in [0.29, 0.717) is 5.91 Å². The third-order valence-electron chi connectivity index (χ3n) is 7.97. The van der Waals surface area contributed by atoms with Gasteiger partial charge in [0.15, 0.2) is 0 Å². The van der Waals surface area contributed by atoms with Crippen LogP contribution in [0.4, 0.5) is 14.5 Å². The summed E-state index contributed by atoms with van der Waals surface area (Å²) in [6, 6.07) is 12.5. The van der Waals surface area contributed by atoms with Gasteiger partial charge >= 0.3 is 0 Å². The highest BCUT2D eigenvalue weighted by atomic mass is 19.1. The number of benzene rings is 2. The first-order valence-electron chi connectivity index (χ1n) is 12.7. The van der Waals surface area contributed by atoms with Crippen LogP contribution in [0.2, 0.25) is 0 Å². The highest BCUT2D eigenvalue weighted by molar-refractivity contribution is 5.97. The van der Waals surface area contributed by atoms with Crippen molar-refractivity contribution >= 4 is 11.6 Å². The van der Waals surface area contributed by atoms with Gasteiger partial charge in [-0.3, -0.25) is 4.79 Å². The molecule has 2 aromatic rings. The summed E-state index contributed by atoms with van der Waals surface area (Å²) in [5, 5.41) is 0. The molecule has 1 saturated carbocycles. The molecule has 1 aliphatic carbocycles. The van der Waals surface area contributed by atoms with E-state index in [9.17, 15) is 13.6 Å². The zero-order valence-electron chi connectivity index (χ0n) is 19.3. The summed E-state index contributed by atoms with van der Waals surface area (Å²) >= 11 is 0. The van der Waals surface area contributed by atoms with Crippen molar-refractivity contribution in [3.8, 4) is 0 Å². The Balaban J connectivity index is 1.28. The van der Waals surface area contributed by atoms with E-state index in [1.807, 2.05) is 6.07 Å². The van der Waals surface area contributed by atoms with Gasteiger partial charge in [-0.25, -0.2) is 8.78 Å². The number of nitrogens with zero attached hydrogens (tertiary/aromatic N) is 2. The lowest BCUT2D eigenvalue weighted by molar-refractivity contribution is -0.124. The summed E-state index contributed by atoms with van der Waals surface area (Å²) in [7, 11) is 0. The molecular weight excluding hydrogens is 418 g/mol. The molecule has 2 aliphatic heterocycles. The molecule has 1 amide bonds. The van der Waals surface area contributed by atoms with Crippen LogP contribution in [-0.4, -0.2) is 36.5 Å². The lowest BCUT2D eigenvalue weighted by Gasteiger charge is -2.43. The quantitative estimate of drug-likeness (QED) is 0.562. The zero-order valence-corrected chi connectivity index (χ0v) is 19.3. The van der Waals surface area contributed by atoms with E-state index in [0.717, 1.165) is 88.3 Å². The van der Waals surface area contributed by atoms with E-state index in [1.54, 1.807) is 0 Å². The maximum Gasteiger partial charge on any atom is 0.230 e. The van der Waals surface area contributed by atoms with Crippen molar-refractivity contribution in [3.05, 3.63) is 65.2 Å². The molecule has 3 nitrogen and oxygen atoms in total. The normalized spacial score (nSPS) is 22.8. The van der Waals surface area contributed by atoms with Crippen molar-refractivity contribution in [1.29, 1.82) is 0 Å². The molecule has 0 radical (unpaired) electrons. The van der Waals surface area contributed by atoms with Crippen molar-refractivity contribution in [2.75, 3.05) is 24.5 Å². The number of rotatable bonds is 4. The van der Waals surface area contributed by atoms with Crippen LogP contribution < -0.4 is 4.90 Å². The third kappa shape index (κ3) is 4.98. The number of aryl methyl sites for hydroxylation is 1. The molecule has 2 aromatic carbocycles. The van der Waals surface area contributed by atoms with Gasteiger partial charge < -0.3 is 9.80 Å². The van der Waals surface area contributed by atoms with E-state index in [4.69, 9.17) is 0 Å². The number of carbonyl (C=O) groups is 1. The van der Waals surface area contributed by atoms with Gasteiger partial charge in [-0.05, 0) is 86.9 Å². The molecule has 176 valence electrons. The Bertz CT molecular complexity index is 959. The average Bonchev–Trinajstić information content (AvgIpc) is 2.84. The molecule has 0 spiro atoms. The molecule has 1 unspecified atom stereocenters. The van der Waals surface area contributed by atoms with Crippen molar-refractivity contribution in [1.82, 2.24) is 4.90 Å². The lowest BCUT2D eigenvalue weighted by Crippen LogP contribution is -2.52. The van der Waals surface area contributed by atoms with Crippen LogP contribution in [0.5, 0.6) is 0 Å². The Hall–Kier alpha value is -2.27. The molecule has 3 aliphatic rings. The monoisotopic (exact) mass is 452 g/mol. The largest absolute Gasteiger partial charge is 0.308 e. The number of likely N-dealkylation sites (tertiary alicyclic amines) is 1. The third-order valence-corrected chi connectivity index (χ3v) is 7.97. The van der Waals surface area contributed by atoms with Gasteiger partial charge in [0.1, 0.15) is 11.6 Å². The van der Waals surface area contributed by atoms with Crippen LogP contribution in [0.25, 0.3) is 0 Å². The molecule has 0 bridgehead atoms. The van der Waals surface area contributed by atoms with Gasteiger partial charge in [-0.2, -0.15) is 0 Å². The molecular formula is C28H34F2N2O. The molecule has 33 heavy (non-hydrogen) atoms. The second-order valence-electron chi connectivity index (χ2n) is 10.1. The molecule has 2 heterocycles. The van der Waals surface area contributed by atoms with Gasteiger partial charge in [0.2, 0.25) is 5.91 Å². The van der Waals surface area contributed by atoms with Gasteiger partial charge in [0.05, 0.1) is 0 Å². The van der Waals surface area contributed by atoms with Crippen LogP contribution in [0.1, 0.15) is 68.4 Å². The van der Waals surface area contributed by atoms with Gasteiger partial charge in [0.25, 0.3) is 0 Å². The first kappa shape index (κ1) is 22.5. The number of piperidine rings is 1. The lowest BCUT2D eigenvalue weighted by atomic mass is 9.85. The smallest absolute Gasteiger partial charge is 0.230 e. The number of para-hydroxylation sites is 1. The second-order valence-corrected chi connectivity index (χ2v) is 10.1. The molecule has 1 saturated heterocycles. The highest BCUT2D eigenvalue weighted by Gasteiger charge is 2.36. The first-order valence-corrected chi connectivity index (χ1v) is 12.7. The van der Waals surface area contributed by atoms with Crippen molar-refractivity contribution in [2.45, 2.75) is 69.7 Å².